The molecule has 0 spiro atoms. The van der Waals surface area contributed by atoms with E-state index in [1.807, 2.05) is 0 Å². The molecule has 0 N–H and O–H groups in total. The Balaban J connectivity index is 1.99. The highest BCUT2D eigenvalue weighted by atomic mass is 15.1. The Bertz CT molecular complexity index is 384. The second kappa shape index (κ2) is 4.35. The second-order valence-electron chi connectivity index (χ2n) is 4.06. The van der Waals surface area contributed by atoms with Crippen molar-refractivity contribution in [1.29, 1.82) is 0 Å². The summed E-state index contributed by atoms with van der Waals surface area (Å²) in [7, 11) is 0. The van der Waals surface area contributed by atoms with Crippen LogP contribution in [0.4, 0.5) is 0 Å². The van der Waals surface area contributed by atoms with Crippen LogP contribution in [0.15, 0.2) is 42.2 Å². The van der Waals surface area contributed by atoms with Crippen LogP contribution >= 0.6 is 0 Å². The minimum absolute atomic E-state index is 1.07. The van der Waals surface area contributed by atoms with Gasteiger partial charge in [-0.25, -0.2) is 0 Å². The van der Waals surface area contributed by atoms with Crippen LogP contribution in [0.25, 0.3) is 6.08 Å². The highest BCUT2D eigenvalue weighted by Gasteiger charge is 2.06. The normalized spacial score (nSPS) is 15.3. The number of nitrogens with zero attached hydrogens (tertiary/aromatic N) is 1. The Morgan fingerprint density at radius 1 is 1.27 bits per heavy atom. The molecule has 1 aromatic rings. The first-order valence-corrected chi connectivity index (χ1v) is 5.48. The van der Waals surface area contributed by atoms with E-state index in [1.165, 1.54) is 16.7 Å². The fourth-order valence-corrected chi connectivity index (χ4v) is 1.69. The van der Waals surface area contributed by atoms with Crippen molar-refractivity contribution in [2.75, 3.05) is 6.54 Å². The topological polar surface area (TPSA) is 3.24 Å². The van der Waals surface area contributed by atoms with Gasteiger partial charge in [0.05, 0.1) is 0 Å². The SMILES string of the molecule is CCc1ccc(/C=C/N2C=C(C)C2)cc1. The maximum absolute atomic E-state index is 2.20. The lowest BCUT2D eigenvalue weighted by atomic mass is 10.1. The monoisotopic (exact) mass is 199 g/mol. The number of hydrogen-bond acceptors (Lipinski definition) is 1. The summed E-state index contributed by atoms with van der Waals surface area (Å²) in [6.45, 7) is 5.41. The molecule has 2 rings (SSSR count). The minimum atomic E-state index is 1.07. The van der Waals surface area contributed by atoms with Crippen LogP contribution < -0.4 is 0 Å². The summed E-state index contributed by atoms with van der Waals surface area (Å²) in [5.41, 5.74) is 4.11. The van der Waals surface area contributed by atoms with Crippen LogP contribution in [0.1, 0.15) is 25.0 Å². The summed E-state index contributed by atoms with van der Waals surface area (Å²) in [5, 5.41) is 0. The van der Waals surface area contributed by atoms with E-state index in [0.717, 1.165) is 13.0 Å². The van der Waals surface area contributed by atoms with Gasteiger partial charge in [0.25, 0.3) is 0 Å². The number of benzene rings is 1. The quantitative estimate of drug-likeness (QED) is 0.720. The van der Waals surface area contributed by atoms with E-state index in [-0.39, 0.29) is 0 Å². The van der Waals surface area contributed by atoms with Crippen molar-refractivity contribution in [1.82, 2.24) is 4.90 Å². The molecule has 1 nitrogen and oxygen atoms in total. The Morgan fingerprint density at radius 3 is 2.47 bits per heavy atom. The van der Waals surface area contributed by atoms with Gasteiger partial charge in [-0.1, -0.05) is 31.2 Å². The average molecular weight is 199 g/mol. The van der Waals surface area contributed by atoms with E-state index in [4.69, 9.17) is 0 Å². The average Bonchev–Trinajstić information content (AvgIpc) is 2.23. The van der Waals surface area contributed by atoms with Crippen molar-refractivity contribution in [2.45, 2.75) is 20.3 Å². The van der Waals surface area contributed by atoms with Crippen LogP contribution in [0, 0.1) is 0 Å². The van der Waals surface area contributed by atoms with Gasteiger partial charge >= 0.3 is 0 Å². The van der Waals surface area contributed by atoms with Gasteiger partial charge in [-0.3, -0.25) is 0 Å². The van der Waals surface area contributed by atoms with Crippen LogP contribution in [0.2, 0.25) is 0 Å². The summed E-state index contributed by atoms with van der Waals surface area (Å²) in [4.78, 5) is 2.20. The fourth-order valence-electron chi connectivity index (χ4n) is 1.69. The third kappa shape index (κ3) is 2.50. The molecule has 78 valence electrons. The summed E-state index contributed by atoms with van der Waals surface area (Å²) >= 11 is 0. The maximum Gasteiger partial charge on any atom is 0.0444 e. The summed E-state index contributed by atoms with van der Waals surface area (Å²) < 4.78 is 0. The van der Waals surface area contributed by atoms with Gasteiger partial charge < -0.3 is 4.90 Å². The van der Waals surface area contributed by atoms with Gasteiger partial charge in [0.1, 0.15) is 0 Å². The lowest BCUT2D eigenvalue weighted by Crippen LogP contribution is -2.22. The van der Waals surface area contributed by atoms with Gasteiger partial charge in [-0.15, -0.1) is 0 Å². The van der Waals surface area contributed by atoms with Crippen molar-refractivity contribution in [3.8, 4) is 0 Å². The van der Waals surface area contributed by atoms with E-state index >= 15 is 0 Å². The van der Waals surface area contributed by atoms with Crippen molar-refractivity contribution >= 4 is 6.08 Å². The van der Waals surface area contributed by atoms with E-state index in [2.05, 4.69) is 61.5 Å². The summed E-state index contributed by atoms with van der Waals surface area (Å²) in [6.07, 6.45) is 7.56. The standard InChI is InChI=1S/C14H17N/c1-3-13-4-6-14(7-5-13)8-9-15-10-12(2)11-15/h4-10H,3,11H2,1-2H3/b9-8+. The molecule has 0 bridgehead atoms. The minimum Gasteiger partial charge on any atom is -0.350 e. The van der Waals surface area contributed by atoms with Crippen molar-refractivity contribution in [2.24, 2.45) is 0 Å². The number of aryl methyl sites for hydroxylation is 1. The van der Waals surface area contributed by atoms with Crippen LogP contribution in [0.5, 0.6) is 0 Å². The van der Waals surface area contributed by atoms with E-state index in [1.54, 1.807) is 0 Å². The fraction of sp³-hybridized carbons (Fsp3) is 0.286. The highest BCUT2D eigenvalue weighted by Crippen LogP contribution is 2.14. The second-order valence-corrected chi connectivity index (χ2v) is 4.06. The zero-order valence-corrected chi connectivity index (χ0v) is 9.40. The first kappa shape index (κ1) is 10.0. The molecule has 0 aliphatic carbocycles. The van der Waals surface area contributed by atoms with Gasteiger partial charge in [0, 0.05) is 18.9 Å². The Hall–Kier alpha value is -1.50. The Kier molecular flexibility index (Phi) is 2.91. The molecule has 0 amide bonds. The van der Waals surface area contributed by atoms with Gasteiger partial charge in [-0.05, 0) is 36.1 Å². The molecule has 0 aromatic heterocycles. The molecular weight excluding hydrogens is 182 g/mol. The van der Waals surface area contributed by atoms with Crippen LogP contribution in [-0.4, -0.2) is 11.4 Å². The smallest absolute Gasteiger partial charge is 0.0444 e. The molecule has 1 heterocycles. The first-order valence-electron chi connectivity index (χ1n) is 5.48. The maximum atomic E-state index is 2.20. The molecule has 0 atom stereocenters. The van der Waals surface area contributed by atoms with E-state index < -0.39 is 0 Å². The molecule has 1 aliphatic rings. The molecule has 0 saturated carbocycles. The molecule has 0 fully saturated rings. The molecule has 15 heavy (non-hydrogen) atoms. The predicted molar refractivity (Wildman–Crippen MR) is 65.3 cm³/mol. The Labute approximate surface area is 91.7 Å². The zero-order chi connectivity index (χ0) is 10.7. The first-order chi connectivity index (χ1) is 7.28. The third-order valence-electron chi connectivity index (χ3n) is 2.66. The molecule has 0 unspecified atom stereocenters. The lowest BCUT2D eigenvalue weighted by molar-refractivity contribution is 0.486. The van der Waals surface area contributed by atoms with Crippen LogP contribution in [-0.2, 0) is 6.42 Å². The van der Waals surface area contributed by atoms with Crippen molar-refractivity contribution in [3.05, 3.63) is 53.4 Å². The highest BCUT2D eigenvalue weighted by molar-refractivity contribution is 5.50. The lowest BCUT2D eigenvalue weighted by Gasteiger charge is -2.25. The third-order valence-corrected chi connectivity index (χ3v) is 2.66. The van der Waals surface area contributed by atoms with E-state index in [0.29, 0.717) is 0 Å². The molecular formula is C14H17N. The van der Waals surface area contributed by atoms with Crippen molar-refractivity contribution < 1.29 is 0 Å². The molecule has 0 radical (unpaired) electrons. The predicted octanol–water partition coefficient (Wildman–Crippen LogP) is 3.44. The van der Waals surface area contributed by atoms with E-state index in [9.17, 15) is 0 Å². The summed E-state index contributed by atoms with van der Waals surface area (Å²) in [5.74, 6) is 0. The van der Waals surface area contributed by atoms with Gasteiger partial charge in [0.2, 0.25) is 0 Å². The van der Waals surface area contributed by atoms with Crippen LogP contribution in [0.3, 0.4) is 0 Å². The molecule has 1 heteroatoms. The summed E-state index contributed by atoms with van der Waals surface area (Å²) in [6, 6.07) is 8.73. The van der Waals surface area contributed by atoms with Gasteiger partial charge in [0.15, 0.2) is 0 Å². The van der Waals surface area contributed by atoms with Gasteiger partial charge in [-0.2, -0.15) is 0 Å². The molecule has 1 aromatic carbocycles. The number of rotatable bonds is 3. The molecule has 1 aliphatic heterocycles. The Morgan fingerprint density at radius 2 is 1.93 bits per heavy atom. The van der Waals surface area contributed by atoms with Crippen molar-refractivity contribution in [3.63, 3.8) is 0 Å². The molecule has 0 saturated heterocycles. The zero-order valence-electron chi connectivity index (χ0n) is 9.40. The number of hydrogen-bond donors (Lipinski definition) is 0. The largest absolute Gasteiger partial charge is 0.350 e.